The summed E-state index contributed by atoms with van der Waals surface area (Å²) in [7, 11) is 0. The Hall–Kier alpha value is -0.630. The third kappa shape index (κ3) is 1.95. The van der Waals surface area contributed by atoms with Gasteiger partial charge in [-0.25, -0.2) is 8.78 Å². The number of hydrogen-bond acceptors (Lipinski definition) is 0. The highest BCUT2D eigenvalue weighted by molar-refractivity contribution is 6.30. The lowest BCUT2D eigenvalue weighted by Gasteiger charge is -2.13. The van der Waals surface area contributed by atoms with Crippen LogP contribution in [0.15, 0.2) is 18.2 Å². The van der Waals surface area contributed by atoms with E-state index in [-0.39, 0.29) is 5.56 Å². The molecule has 0 nitrogen and oxygen atoms in total. The van der Waals surface area contributed by atoms with Crippen LogP contribution in [-0.4, -0.2) is 0 Å². The lowest BCUT2D eigenvalue weighted by atomic mass is 10.0. The van der Waals surface area contributed by atoms with E-state index in [2.05, 4.69) is 0 Å². The summed E-state index contributed by atoms with van der Waals surface area (Å²) in [6.07, 6.45) is 0. The number of benzene rings is 1. The normalized spacial score (nSPS) is 11.8. The van der Waals surface area contributed by atoms with Gasteiger partial charge in [0, 0.05) is 17.5 Å². The summed E-state index contributed by atoms with van der Waals surface area (Å²) in [6, 6.07) is 4.37. The van der Waals surface area contributed by atoms with Crippen LogP contribution in [0, 0.1) is 6.92 Å². The highest BCUT2D eigenvalue weighted by Crippen LogP contribution is 2.30. The zero-order valence-electron chi connectivity index (χ0n) is 6.87. The molecule has 0 saturated carbocycles. The van der Waals surface area contributed by atoms with E-state index in [9.17, 15) is 8.78 Å². The van der Waals surface area contributed by atoms with Gasteiger partial charge in [-0.05, 0) is 24.6 Å². The van der Waals surface area contributed by atoms with E-state index >= 15 is 0 Å². The molecule has 0 N–H and O–H groups in total. The summed E-state index contributed by atoms with van der Waals surface area (Å²) in [4.78, 5) is 0. The molecular weight excluding hydrogens is 182 g/mol. The van der Waals surface area contributed by atoms with Crippen molar-refractivity contribution in [3.05, 3.63) is 34.3 Å². The molecule has 0 saturated heterocycles. The summed E-state index contributed by atoms with van der Waals surface area (Å²) >= 11 is 5.62. The molecule has 0 atom stereocenters. The first-order valence-electron chi connectivity index (χ1n) is 3.55. The molecule has 1 aromatic carbocycles. The van der Waals surface area contributed by atoms with Crippen molar-refractivity contribution in [2.45, 2.75) is 19.8 Å². The highest BCUT2D eigenvalue weighted by atomic mass is 35.5. The van der Waals surface area contributed by atoms with E-state index in [4.69, 9.17) is 11.6 Å². The minimum Gasteiger partial charge on any atom is -0.202 e. The molecule has 0 heterocycles. The highest BCUT2D eigenvalue weighted by Gasteiger charge is 2.25. The second kappa shape index (κ2) is 3.02. The molecule has 3 heteroatoms. The third-order valence-corrected chi connectivity index (χ3v) is 1.90. The summed E-state index contributed by atoms with van der Waals surface area (Å²) in [5.41, 5.74) is 0.557. The SMILES string of the molecule is Cc1cc(Cl)ccc1C(C)(F)F. The fourth-order valence-electron chi connectivity index (χ4n) is 1.12. The van der Waals surface area contributed by atoms with Crippen LogP contribution in [0.2, 0.25) is 5.02 Å². The van der Waals surface area contributed by atoms with E-state index in [0.717, 1.165) is 6.92 Å². The van der Waals surface area contributed by atoms with Crippen LogP contribution in [0.4, 0.5) is 8.78 Å². The van der Waals surface area contributed by atoms with Gasteiger partial charge in [-0.2, -0.15) is 0 Å². The van der Waals surface area contributed by atoms with Gasteiger partial charge in [-0.15, -0.1) is 0 Å². The number of rotatable bonds is 1. The Labute approximate surface area is 75.2 Å². The monoisotopic (exact) mass is 190 g/mol. The standard InChI is InChI=1S/C9H9ClF2/c1-6-5-7(10)3-4-8(6)9(2,11)12/h3-5H,1-2H3. The minimum atomic E-state index is -2.78. The molecule has 0 aliphatic carbocycles. The Kier molecular flexibility index (Phi) is 2.38. The van der Waals surface area contributed by atoms with Crippen molar-refractivity contribution in [2.75, 3.05) is 0 Å². The van der Waals surface area contributed by atoms with Crippen molar-refractivity contribution in [3.63, 3.8) is 0 Å². The Morgan fingerprint density at radius 1 is 1.33 bits per heavy atom. The lowest BCUT2D eigenvalue weighted by Crippen LogP contribution is -2.08. The van der Waals surface area contributed by atoms with Crippen molar-refractivity contribution in [2.24, 2.45) is 0 Å². The molecule has 0 radical (unpaired) electrons. The van der Waals surface area contributed by atoms with Gasteiger partial charge >= 0.3 is 0 Å². The van der Waals surface area contributed by atoms with Crippen molar-refractivity contribution in [3.8, 4) is 0 Å². The minimum absolute atomic E-state index is 0.0342. The molecule has 1 rings (SSSR count). The van der Waals surface area contributed by atoms with E-state index < -0.39 is 5.92 Å². The quantitative estimate of drug-likeness (QED) is 0.633. The number of alkyl halides is 2. The van der Waals surface area contributed by atoms with Crippen LogP contribution < -0.4 is 0 Å². The van der Waals surface area contributed by atoms with Gasteiger partial charge in [0.25, 0.3) is 5.92 Å². The van der Waals surface area contributed by atoms with Crippen LogP contribution in [-0.2, 0) is 5.92 Å². The second-order valence-corrected chi connectivity index (χ2v) is 3.28. The molecule has 0 unspecified atom stereocenters. The molecule has 66 valence electrons. The summed E-state index contributed by atoms with van der Waals surface area (Å²) in [5, 5.41) is 0.487. The van der Waals surface area contributed by atoms with Gasteiger partial charge < -0.3 is 0 Å². The van der Waals surface area contributed by atoms with Crippen LogP contribution in [0.3, 0.4) is 0 Å². The number of halogens is 3. The lowest BCUT2D eigenvalue weighted by molar-refractivity contribution is 0.0168. The van der Waals surface area contributed by atoms with Crippen LogP contribution in [0.5, 0.6) is 0 Å². The van der Waals surface area contributed by atoms with E-state index in [1.807, 2.05) is 0 Å². The fraction of sp³-hybridized carbons (Fsp3) is 0.333. The molecule has 0 aromatic heterocycles. The molecule has 12 heavy (non-hydrogen) atoms. The van der Waals surface area contributed by atoms with Gasteiger partial charge in [0.1, 0.15) is 0 Å². The smallest absolute Gasteiger partial charge is 0.202 e. The summed E-state index contributed by atoms with van der Waals surface area (Å²) in [6.45, 7) is 2.50. The molecule has 0 aliphatic heterocycles. The van der Waals surface area contributed by atoms with Gasteiger partial charge in [-0.1, -0.05) is 17.7 Å². The molecular formula is C9H9ClF2. The van der Waals surface area contributed by atoms with E-state index in [0.29, 0.717) is 10.6 Å². The van der Waals surface area contributed by atoms with Gasteiger partial charge in [-0.3, -0.25) is 0 Å². The van der Waals surface area contributed by atoms with Crippen LogP contribution in [0.1, 0.15) is 18.1 Å². The molecule has 0 amide bonds. The van der Waals surface area contributed by atoms with Crippen molar-refractivity contribution in [1.82, 2.24) is 0 Å². The summed E-state index contributed by atoms with van der Waals surface area (Å²) < 4.78 is 25.6. The summed E-state index contributed by atoms with van der Waals surface area (Å²) in [5.74, 6) is -2.78. The third-order valence-electron chi connectivity index (χ3n) is 1.66. The number of aryl methyl sites for hydroxylation is 1. The van der Waals surface area contributed by atoms with Crippen LogP contribution in [0.25, 0.3) is 0 Å². The Morgan fingerprint density at radius 3 is 2.33 bits per heavy atom. The molecule has 0 aliphatic rings. The average molecular weight is 191 g/mol. The first-order chi connectivity index (χ1) is 5.41. The molecule has 0 fully saturated rings. The first-order valence-corrected chi connectivity index (χ1v) is 3.93. The Balaban J connectivity index is 3.19. The predicted molar refractivity (Wildman–Crippen MR) is 45.8 cm³/mol. The van der Waals surface area contributed by atoms with Gasteiger partial charge in [0.15, 0.2) is 0 Å². The maximum absolute atomic E-state index is 12.8. The van der Waals surface area contributed by atoms with Crippen molar-refractivity contribution < 1.29 is 8.78 Å². The average Bonchev–Trinajstić information content (AvgIpc) is 1.83. The zero-order chi connectivity index (χ0) is 9.35. The van der Waals surface area contributed by atoms with Crippen LogP contribution >= 0.6 is 11.6 Å². The fourth-order valence-corrected chi connectivity index (χ4v) is 1.35. The second-order valence-electron chi connectivity index (χ2n) is 2.85. The molecule has 1 aromatic rings. The zero-order valence-corrected chi connectivity index (χ0v) is 7.62. The predicted octanol–water partition coefficient (Wildman–Crippen LogP) is 3.76. The molecule has 0 spiro atoms. The topological polar surface area (TPSA) is 0 Å². The molecule has 0 bridgehead atoms. The number of hydrogen-bond donors (Lipinski definition) is 0. The van der Waals surface area contributed by atoms with Gasteiger partial charge in [0.2, 0.25) is 0 Å². The maximum atomic E-state index is 12.8. The van der Waals surface area contributed by atoms with Crippen molar-refractivity contribution in [1.29, 1.82) is 0 Å². The van der Waals surface area contributed by atoms with Gasteiger partial charge in [0.05, 0.1) is 0 Å². The van der Waals surface area contributed by atoms with Crippen molar-refractivity contribution >= 4 is 11.6 Å². The van der Waals surface area contributed by atoms with E-state index in [1.165, 1.54) is 18.2 Å². The first kappa shape index (κ1) is 9.46. The Morgan fingerprint density at radius 2 is 1.92 bits per heavy atom. The Bertz CT molecular complexity index is 289. The maximum Gasteiger partial charge on any atom is 0.270 e. The van der Waals surface area contributed by atoms with E-state index in [1.54, 1.807) is 6.92 Å². The largest absolute Gasteiger partial charge is 0.270 e.